The Morgan fingerprint density at radius 1 is 1.07 bits per heavy atom. The Morgan fingerprint density at radius 3 is 2.19 bits per heavy atom. The van der Waals surface area contributed by atoms with Crippen LogP contribution in [0.2, 0.25) is 0 Å². The summed E-state index contributed by atoms with van der Waals surface area (Å²) in [6.07, 6.45) is 11.0. The highest BCUT2D eigenvalue weighted by Gasteiger charge is 2.33. The van der Waals surface area contributed by atoms with Gasteiger partial charge >= 0.3 is 5.97 Å². The number of amides is 1. The average molecular weight is 585 g/mol. The van der Waals surface area contributed by atoms with Crippen LogP contribution in [0.25, 0.3) is 0 Å². The van der Waals surface area contributed by atoms with Gasteiger partial charge in [0.15, 0.2) is 12.3 Å². The van der Waals surface area contributed by atoms with Gasteiger partial charge in [-0.1, -0.05) is 30.4 Å². The number of methoxy groups -OCH3 is 1. The molecular weight excluding hydrogens is 530 g/mol. The third kappa shape index (κ3) is 11.2. The Labute approximate surface area is 253 Å². The number of aliphatic hydroxyl groups excluding tert-OH is 1. The Bertz CT molecular complexity index is 1120. The van der Waals surface area contributed by atoms with Crippen LogP contribution in [0.5, 0.6) is 0 Å². The van der Waals surface area contributed by atoms with Crippen LogP contribution in [0.15, 0.2) is 70.6 Å². The van der Waals surface area contributed by atoms with Crippen molar-refractivity contribution in [1.29, 1.82) is 0 Å². The summed E-state index contributed by atoms with van der Waals surface area (Å²) in [5.74, 6) is -0.168. The summed E-state index contributed by atoms with van der Waals surface area (Å²) < 4.78 is 5.16. The van der Waals surface area contributed by atoms with Gasteiger partial charge < -0.3 is 24.5 Å². The molecule has 1 aliphatic heterocycles. The molecule has 1 heterocycles. The minimum atomic E-state index is -0.256. The topological polar surface area (TPSA) is 95.9 Å². The number of aliphatic hydroxyl groups is 1. The summed E-state index contributed by atoms with van der Waals surface area (Å²) in [5.41, 5.74) is 6.39. The number of carbonyl (C=O) groups excluding carboxylic acids is 3. The molecule has 8 heteroatoms. The lowest BCUT2D eigenvalue weighted by Gasteiger charge is -2.36. The van der Waals surface area contributed by atoms with E-state index in [9.17, 15) is 19.5 Å². The van der Waals surface area contributed by atoms with Gasteiger partial charge in [0.25, 0.3) is 5.91 Å². The molecule has 1 saturated heterocycles. The average Bonchev–Trinajstić information content (AvgIpc) is 3.16. The minimum Gasteiger partial charge on any atom is -0.466 e. The number of Topliss-reactive ketones (excluding diaryl/α,β-unsaturated/α-hetero) is 1. The van der Waals surface area contributed by atoms with Crippen molar-refractivity contribution in [2.24, 2.45) is 0 Å². The molecule has 2 rings (SSSR count). The van der Waals surface area contributed by atoms with Gasteiger partial charge in [-0.2, -0.15) is 0 Å². The second kappa shape index (κ2) is 18.3. The van der Waals surface area contributed by atoms with E-state index in [4.69, 9.17) is 0 Å². The second-order valence-electron chi connectivity index (χ2n) is 11.3. The molecule has 8 nitrogen and oxygen atoms in total. The third-order valence-corrected chi connectivity index (χ3v) is 8.15. The van der Waals surface area contributed by atoms with Gasteiger partial charge in [-0.05, 0) is 77.9 Å². The van der Waals surface area contributed by atoms with Crippen molar-refractivity contribution in [3.05, 3.63) is 70.6 Å². The molecule has 234 valence electrons. The highest BCUT2D eigenvalue weighted by molar-refractivity contribution is 5.89. The third-order valence-electron chi connectivity index (χ3n) is 8.15. The first-order valence-corrected chi connectivity index (χ1v) is 15.0. The number of ether oxygens (including phenoxy) is 1. The van der Waals surface area contributed by atoms with Crippen molar-refractivity contribution >= 4 is 17.7 Å². The number of likely N-dealkylation sites (tertiary alicyclic amines) is 1. The van der Waals surface area contributed by atoms with Crippen LogP contribution in [0.4, 0.5) is 0 Å². The maximum atomic E-state index is 13.1. The van der Waals surface area contributed by atoms with E-state index in [1.807, 2.05) is 38.7 Å². The van der Waals surface area contributed by atoms with E-state index < -0.39 is 0 Å². The van der Waals surface area contributed by atoms with E-state index in [0.717, 1.165) is 59.6 Å². The predicted molar refractivity (Wildman–Crippen MR) is 170 cm³/mol. The molecule has 1 fully saturated rings. The number of esters is 1. The molecule has 0 aromatic carbocycles. The van der Waals surface area contributed by atoms with Crippen molar-refractivity contribution in [3.63, 3.8) is 0 Å². The van der Waals surface area contributed by atoms with Crippen molar-refractivity contribution in [1.82, 2.24) is 10.2 Å². The van der Waals surface area contributed by atoms with Crippen LogP contribution in [0.3, 0.4) is 0 Å². The van der Waals surface area contributed by atoms with Crippen molar-refractivity contribution < 1.29 is 28.7 Å². The number of nitrogens with one attached hydrogen (secondary N) is 1. The molecule has 0 aromatic rings. The summed E-state index contributed by atoms with van der Waals surface area (Å²) in [6.45, 7) is 22.8. The first-order chi connectivity index (χ1) is 19.9. The van der Waals surface area contributed by atoms with E-state index in [1.165, 1.54) is 20.0 Å². The lowest BCUT2D eigenvalue weighted by atomic mass is 10.0. The largest absolute Gasteiger partial charge is 0.466 e. The van der Waals surface area contributed by atoms with Gasteiger partial charge in [-0.25, -0.2) is 4.79 Å². The van der Waals surface area contributed by atoms with Gasteiger partial charge in [0.2, 0.25) is 0 Å². The van der Waals surface area contributed by atoms with Crippen LogP contribution in [0.1, 0.15) is 73.6 Å². The first kappa shape index (κ1) is 36.8. The number of quaternary nitrogens is 1. The maximum absolute atomic E-state index is 13.1. The fourth-order valence-electron chi connectivity index (χ4n) is 5.44. The minimum absolute atomic E-state index is 0.0271. The summed E-state index contributed by atoms with van der Waals surface area (Å²) in [6, 6.07) is 0. The van der Waals surface area contributed by atoms with Gasteiger partial charge in [-0.15, -0.1) is 6.58 Å². The summed E-state index contributed by atoms with van der Waals surface area (Å²) in [4.78, 5) is 38.1. The van der Waals surface area contributed by atoms with E-state index in [1.54, 1.807) is 19.9 Å². The van der Waals surface area contributed by atoms with E-state index in [-0.39, 0.29) is 24.3 Å². The fourth-order valence-corrected chi connectivity index (χ4v) is 5.44. The Kier molecular flexibility index (Phi) is 16.1. The molecule has 1 amide bonds. The van der Waals surface area contributed by atoms with Crippen LogP contribution >= 0.6 is 0 Å². The molecule has 0 radical (unpaired) electrons. The summed E-state index contributed by atoms with van der Waals surface area (Å²) in [7, 11) is 1.39. The molecule has 0 atom stereocenters. The van der Waals surface area contributed by atoms with Gasteiger partial charge in [-0.3, -0.25) is 9.59 Å². The number of hydrogen-bond donors (Lipinski definition) is 2. The molecule has 42 heavy (non-hydrogen) atoms. The number of ketones is 1. The van der Waals surface area contributed by atoms with E-state index in [0.29, 0.717) is 42.7 Å². The number of hydrogen-bond acceptors (Lipinski definition) is 6. The Hall–Kier alpha value is -3.23. The van der Waals surface area contributed by atoms with Gasteiger partial charge in [0.05, 0.1) is 26.8 Å². The maximum Gasteiger partial charge on any atom is 0.333 e. The Morgan fingerprint density at radius 2 is 1.69 bits per heavy atom. The Balaban J connectivity index is 0.000000619. The zero-order chi connectivity index (χ0) is 31.9. The van der Waals surface area contributed by atoms with Crippen LogP contribution < -0.4 is 5.32 Å². The van der Waals surface area contributed by atoms with E-state index in [2.05, 4.69) is 29.3 Å². The molecule has 2 aliphatic rings. The van der Waals surface area contributed by atoms with E-state index >= 15 is 0 Å². The normalized spacial score (nSPS) is 17.1. The monoisotopic (exact) mass is 584 g/mol. The van der Waals surface area contributed by atoms with Gasteiger partial charge in [0.1, 0.15) is 6.54 Å². The molecule has 0 aromatic heterocycles. The van der Waals surface area contributed by atoms with Gasteiger partial charge in [0, 0.05) is 42.6 Å². The SMILES string of the molecule is C/C=C(C)\C(C)=C(/C)C(=O)OC.C=CCN(CCO)C(=C)C1=C(NC(=O)C[N+]2(CC(C)=O)CCCCCC2)C(C)=CC1. The van der Waals surface area contributed by atoms with Crippen LogP contribution in [0, 0.1) is 0 Å². The van der Waals surface area contributed by atoms with Crippen LogP contribution in [-0.2, 0) is 19.1 Å². The first-order valence-electron chi connectivity index (χ1n) is 15.0. The van der Waals surface area contributed by atoms with Crippen molar-refractivity contribution in [2.45, 2.75) is 73.6 Å². The molecule has 0 bridgehead atoms. The number of allylic oxidation sites excluding steroid dienone is 6. The number of carbonyl (C=O) groups is 3. The molecule has 0 spiro atoms. The zero-order valence-corrected chi connectivity index (χ0v) is 27.1. The second-order valence-corrected chi connectivity index (χ2v) is 11.3. The highest BCUT2D eigenvalue weighted by atomic mass is 16.5. The quantitative estimate of drug-likeness (QED) is 0.102. The zero-order valence-electron chi connectivity index (χ0n) is 27.1. The molecular formula is C34H54N3O5+. The molecule has 2 N–H and O–H groups in total. The molecule has 0 saturated carbocycles. The molecule has 0 unspecified atom stereocenters. The van der Waals surface area contributed by atoms with Crippen molar-refractivity contribution in [2.75, 3.05) is 53.0 Å². The highest BCUT2D eigenvalue weighted by Crippen LogP contribution is 2.30. The summed E-state index contributed by atoms with van der Waals surface area (Å²) in [5, 5.41) is 12.5. The summed E-state index contributed by atoms with van der Waals surface area (Å²) >= 11 is 0. The number of nitrogens with zero attached hydrogens (tertiary/aromatic N) is 2. The smallest absolute Gasteiger partial charge is 0.333 e. The predicted octanol–water partition coefficient (Wildman–Crippen LogP) is 5.14. The number of rotatable bonds is 13. The lowest BCUT2D eigenvalue weighted by Crippen LogP contribution is -2.56. The standard InChI is InChI=1S/C24H37N3O3.C10H16O2/c1-5-12-26(13-16-28)21(4)22-11-10-19(2)24(22)25-23(30)18-27(17-20(3)29)14-8-6-7-9-15-27;1-6-7(2)8(3)9(4)10(11)12-5/h5,10,28H,1,4,6-9,11-18H2,2-3H3;6H,1-5H3/p+1/b;7-6-,9-8+. The molecule has 1 aliphatic carbocycles. The van der Waals surface area contributed by atoms with Crippen molar-refractivity contribution in [3.8, 4) is 0 Å². The lowest BCUT2D eigenvalue weighted by molar-refractivity contribution is -0.912. The fraction of sp³-hybridized carbons (Fsp3) is 0.559. The van der Waals surface area contributed by atoms with Crippen LogP contribution in [-0.4, -0.2) is 85.1 Å².